The molecule has 4 heteroatoms. The van der Waals surface area contributed by atoms with Crippen molar-refractivity contribution in [3.63, 3.8) is 0 Å². The van der Waals surface area contributed by atoms with Gasteiger partial charge in [-0.2, -0.15) is 5.10 Å². The van der Waals surface area contributed by atoms with Crippen LogP contribution in [0.2, 0.25) is 0 Å². The lowest BCUT2D eigenvalue weighted by Crippen LogP contribution is -2.17. The number of hydrogen-bond donors (Lipinski definition) is 1. The van der Waals surface area contributed by atoms with Gasteiger partial charge in [-0.25, -0.2) is 0 Å². The average molecular weight is 245 g/mol. The Balaban J connectivity index is 1.92. The maximum Gasteiger partial charge on any atom is 0.118 e. The minimum atomic E-state index is 0.302. The van der Waals surface area contributed by atoms with Gasteiger partial charge in [0.1, 0.15) is 5.75 Å². The van der Waals surface area contributed by atoms with Crippen LogP contribution in [0.1, 0.15) is 24.1 Å². The number of benzene rings is 1. The number of nitrogens with one attached hydrogen (secondary N) is 1. The van der Waals surface area contributed by atoms with Gasteiger partial charge in [0.25, 0.3) is 0 Å². The van der Waals surface area contributed by atoms with Crippen LogP contribution in [0.5, 0.6) is 5.75 Å². The van der Waals surface area contributed by atoms with Crippen LogP contribution in [0.15, 0.2) is 36.7 Å². The van der Waals surface area contributed by atoms with Gasteiger partial charge < -0.3 is 10.1 Å². The molecule has 0 radical (unpaired) electrons. The summed E-state index contributed by atoms with van der Waals surface area (Å²) < 4.78 is 6.96. The molecule has 1 heterocycles. The lowest BCUT2D eigenvalue weighted by atomic mass is 10.1. The van der Waals surface area contributed by atoms with Gasteiger partial charge in [-0.1, -0.05) is 12.1 Å². The third kappa shape index (κ3) is 3.11. The van der Waals surface area contributed by atoms with Crippen molar-refractivity contribution < 1.29 is 4.74 Å². The lowest BCUT2D eigenvalue weighted by molar-refractivity contribution is 0.414. The molecule has 0 spiro atoms. The Bertz CT molecular complexity index is 490. The van der Waals surface area contributed by atoms with Crippen LogP contribution < -0.4 is 10.1 Å². The highest BCUT2D eigenvalue weighted by atomic mass is 16.5. The Kier molecular flexibility index (Phi) is 3.99. The van der Waals surface area contributed by atoms with Crippen molar-refractivity contribution in [3.05, 3.63) is 47.8 Å². The fourth-order valence-corrected chi connectivity index (χ4v) is 1.84. The molecule has 0 aliphatic rings. The molecule has 0 amide bonds. The van der Waals surface area contributed by atoms with Crippen LogP contribution in [-0.4, -0.2) is 16.9 Å². The molecule has 1 aromatic heterocycles. The first-order valence-corrected chi connectivity index (χ1v) is 6.04. The van der Waals surface area contributed by atoms with Gasteiger partial charge in [0.15, 0.2) is 0 Å². The summed E-state index contributed by atoms with van der Waals surface area (Å²) >= 11 is 0. The number of aryl methyl sites for hydroxylation is 1. The van der Waals surface area contributed by atoms with Crippen LogP contribution in [0.25, 0.3) is 0 Å². The van der Waals surface area contributed by atoms with Gasteiger partial charge in [-0.3, -0.25) is 4.68 Å². The van der Waals surface area contributed by atoms with Gasteiger partial charge in [-0.15, -0.1) is 0 Å². The first-order chi connectivity index (χ1) is 8.69. The number of rotatable bonds is 5. The molecule has 0 bridgehead atoms. The van der Waals surface area contributed by atoms with E-state index in [1.54, 1.807) is 7.11 Å². The molecule has 1 atom stereocenters. The van der Waals surface area contributed by atoms with Crippen LogP contribution >= 0.6 is 0 Å². The Morgan fingerprint density at radius 1 is 1.33 bits per heavy atom. The zero-order valence-electron chi connectivity index (χ0n) is 11.1. The van der Waals surface area contributed by atoms with Crippen LogP contribution in [0, 0.1) is 0 Å². The molecule has 1 N–H and O–H groups in total. The summed E-state index contributed by atoms with van der Waals surface area (Å²) in [7, 11) is 3.61. The first-order valence-electron chi connectivity index (χ1n) is 6.04. The highest BCUT2D eigenvalue weighted by Gasteiger charge is 2.05. The summed E-state index contributed by atoms with van der Waals surface area (Å²) in [5, 5.41) is 7.62. The van der Waals surface area contributed by atoms with Gasteiger partial charge in [0, 0.05) is 31.4 Å². The standard InChI is InChI=1S/C14H19N3O/c1-11(13-4-6-14(18-3)7-5-13)15-8-12-9-16-17(2)10-12/h4-7,9-11,15H,8H2,1-3H3/t11-/m1/s1. The van der Waals surface area contributed by atoms with Crippen molar-refractivity contribution in [2.24, 2.45) is 7.05 Å². The van der Waals surface area contributed by atoms with Crippen molar-refractivity contribution in [1.82, 2.24) is 15.1 Å². The number of hydrogen-bond acceptors (Lipinski definition) is 3. The predicted molar refractivity (Wildman–Crippen MR) is 71.5 cm³/mol. The number of nitrogens with zero attached hydrogens (tertiary/aromatic N) is 2. The first kappa shape index (κ1) is 12.6. The summed E-state index contributed by atoms with van der Waals surface area (Å²) in [6, 6.07) is 8.44. The fourth-order valence-electron chi connectivity index (χ4n) is 1.84. The van der Waals surface area contributed by atoms with Gasteiger partial charge >= 0.3 is 0 Å². The third-order valence-corrected chi connectivity index (χ3v) is 2.99. The summed E-state index contributed by atoms with van der Waals surface area (Å²) in [4.78, 5) is 0. The molecule has 0 aliphatic carbocycles. The summed E-state index contributed by atoms with van der Waals surface area (Å²) in [6.45, 7) is 2.97. The number of methoxy groups -OCH3 is 1. The minimum absolute atomic E-state index is 0.302. The summed E-state index contributed by atoms with van der Waals surface area (Å²) in [6.07, 6.45) is 3.90. The van der Waals surface area contributed by atoms with E-state index in [0.717, 1.165) is 12.3 Å². The van der Waals surface area contributed by atoms with Gasteiger partial charge in [0.05, 0.1) is 13.3 Å². The van der Waals surface area contributed by atoms with E-state index >= 15 is 0 Å². The SMILES string of the molecule is COc1ccc([C@@H](C)NCc2cnn(C)c2)cc1. The molecule has 18 heavy (non-hydrogen) atoms. The van der Waals surface area contributed by atoms with E-state index in [4.69, 9.17) is 4.74 Å². The lowest BCUT2D eigenvalue weighted by Gasteiger charge is -2.14. The summed E-state index contributed by atoms with van der Waals surface area (Å²) in [5.41, 5.74) is 2.44. The largest absolute Gasteiger partial charge is 0.497 e. The number of ether oxygens (including phenoxy) is 1. The Labute approximate surface area is 108 Å². The molecule has 0 aliphatic heterocycles. The second-order valence-electron chi connectivity index (χ2n) is 4.40. The molecular weight excluding hydrogens is 226 g/mol. The van der Waals surface area contributed by atoms with Gasteiger partial charge in [-0.05, 0) is 24.6 Å². The number of aromatic nitrogens is 2. The van der Waals surface area contributed by atoms with E-state index in [0.29, 0.717) is 6.04 Å². The highest BCUT2D eigenvalue weighted by Crippen LogP contribution is 2.17. The van der Waals surface area contributed by atoms with Crippen molar-refractivity contribution in [2.75, 3.05) is 7.11 Å². The van der Waals surface area contributed by atoms with Crippen LogP contribution in [0.4, 0.5) is 0 Å². The Hall–Kier alpha value is -1.81. The molecule has 0 saturated carbocycles. The third-order valence-electron chi connectivity index (χ3n) is 2.99. The Morgan fingerprint density at radius 2 is 2.06 bits per heavy atom. The normalized spacial score (nSPS) is 12.4. The molecule has 0 saturated heterocycles. The minimum Gasteiger partial charge on any atom is -0.497 e. The van der Waals surface area contributed by atoms with E-state index in [1.807, 2.05) is 36.3 Å². The highest BCUT2D eigenvalue weighted by molar-refractivity contribution is 5.28. The zero-order valence-corrected chi connectivity index (χ0v) is 11.1. The van der Waals surface area contributed by atoms with Crippen molar-refractivity contribution in [3.8, 4) is 5.75 Å². The van der Waals surface area contributed by atoms with E-state index in [2.05, 4.69) is 29.5 Å². The maximum atomic E-state index is 5.15. The zero-order chi connectivity index (χ0) is 13.0. The van der Waals surface area contributed by atoms with Crippen molar-refractivity contribution >= 4 is 0 Å². The van der Waals surface area contributed by atoms with E-state index in [1.165, 1.54) is 11.1 Å². The van der Waals surface area contributed by atoms with Gasteiger partial charge in [0.2, 0.25) is 0 Å². The topological polar surface area (TPSA) is 39.1 Å². The monoisotopic (exact) mass is 245 g/mol. The van der Waals surface area contributed by atoms with E-state index < -0.39 is 0 Å². The van der Waals surface area contributed by atoms with Crippen molar-refractivity contribution in [1.29, 1.82) is 0 Å². The molecule has 0 unspecified atom stereocenters. The molecule has 1 aromatic carbocycles. The maximum absolute atomic E-state index is 5.15. The van der Waals surface area contributed by atoms with Crippen LogP contribution in [0.3, 0.4) is 0 Å². The molecule has 2 rings (SSSR count). The molecular formula is C14H19N3O. The second-order valence-corrected chi connectivity index (χ2v) is 4.40. The van der Waals surface area contributed by atoms with Crippen LogP contribution in [-0.2, 0) is 13.6 Å². The average Bonchev–Trinajstić information content (AvgIpc) is 2.82. The molecule has 96 valence electrons. The predicted octanol–water partition coefficient (Wildman–Crippen LogP) is 2.28. The summed E-state index contributed by atoms with van der Waals surface area (Å²) in [5.74, 6) is 0.887. The Morgan fingerprint density at radius 3 is 2.61 bits per heavy atom. The van der Waals surface area contributed by atoms with E-state index in [-0.39, 0.29) is 0 Å². The second kappa shape index (κ2) is 5.69. The quantitative estimate of drug-likeness (QED) is 0.878. The van der Waals surface area contributed by atoms with Crippen molar-refractivity contribution in [2.45, 2.75) is 19.5 Å². The molecule has 0 fully saturated rings. The smallest absolute Gasteiger partial charge is 0.118 e. The molecule has 4 nitrogen and oxygen atoms in total. The molecule has 2 aromatic rings. The fraction of sp³-hybridized carbons (Fsp3) is 0.357. The van der Waals surface area contributed by atoms with E-state index in [9.17, 15) is 0 Å².